The lowest BCUT2D eigenvalue weighted by Crippen LogP contribution is -2.14. The summed E-state index contributed by atoms with van der Waals surface area (Å²) in [6, 6.07) is 2.86. The summed E-state index contributed by atoms with van der Waals surface area (Å²) in [5.74, 6) is -0.754. The van der Waals surface area contributed by atoms with Gasteiger partial charge in [0.05, 0.1) is 28.8 Å². The molecule has 0 atom stereocenters. The van der Waals surface area contributed by atoms with E-state index in [1.807, 2.05) is 0 Å². The summed E-state index contributed by atoms with van der Waals surface area (Å²) in [5, 5.41) is 9.52. The van der Waals surface area contributed by atoms with Gasteiger partial charge in [0.1, 0.15) is 5.82 Å². The number of halogens is 3. The molecule has 0 aliphatic carbocycles. The molecule has 3 heterocycles. The van der Waals surface area contributed by atoms with Crippen molar-refractivity contribution in [1.29, 1.82) is 0 Å². The molecule has 2 N–H and O–H groups in total. The number of H-pyrrole nitrogens is 1. The molecule has 0 bridgehead atoms. The van der Waals surface area contributed by atoms with Gasteiger partial charge in [0.25, 0.3) is 5.56 Å². The van der Waals surface area contributed by atoms with Crippen molar-refractivity contribution in [3.05, 3.63) is 63.7 Å². The number of carboxylic acids is 1. The Morgan fingerprint density at radius 3 is 2.68 bits per heavy atom. The fourth-order valence-electron chi connectivity index (χ4n) is 3.10. The number of hydrogen-bond donors (Lipinski definition) is 2. The summed E-state index contributed by atoms with van der Waals surface area (Å²) in [7, 11) is 0. The number of aromatic amines is 1. The number of aromatic nitrogens is 5. The van der Waals surface area contributed by atoms with Gasteiger partial charge in [-0.3, -0.25) is 9.20 Å². The Labute approximate surface area is 153 Å². The summed E-state index contributed by atoms with van der Waals surface area (Å²) in [6.07, 6.45) is -1.44. The van der Waals surface area contributed by atoms with Crippen molar-refractivity contribution in [2.75, 3.05) is 0 Å². The van der Waals surface area contributed by atoms with E-state index in [4.69, 9.17) is 0 Å². The second-order valence-electron chi connectivity index (χ2n) is 6.16. The lowest BCUT2D eigenvalue weighted by molar-refractivity contribution is -0.137. The number of aryl methyl sites for hydroxylation is 1. The van der Waals surface area contributed by atoms with Crippen LogP contribution >= 0.6 is 0 Å². The fourth-order valence-corrected chi connectivity index (χ4v) is 3.10. The van der Waals surface area contributed by atoms with E-state index >= 15 is 0 Å². The maximum absolute atomic E-state index is 13.0. The van der Waals surface area contributed by atoms with Crippen molar-refractivity contribution in [2.45, 2.75) is 19.6 Å². The zero-order valence-corrected chi connectivity index (χ0v) is 14.3. The van der Waals surface area contributed by atoms with E-state index in [0.29, 0.717) is 5.82 Å². The molecule has 8 nitrogen and oxygen atoms in total. The molecule has 0 unspecified atom stereocenters. The summed E-state index contributed by atoms with van der Waals surface area (Å²) in [4.78, 5) is 34.4. The average Bonchev–Trinajstić information content (AvgIpc) is 3.19. The number of nitrogens with one attached hydrogen (secondary N) is 1. The van der Waals surface area contributed by atoms with E-state index in [-0.39, 0.29) is 34.6 Å². The van der Waals surface area contributed by atoms with Gasteiger partial charge in [-0.25, -0.2) is 14.8 Å². The van der Waals surface area contributed by atoms with Gasteiger partial charge in [0.15, 0.2) is 5.69 Å². The van der Waals surface area contributed by atoms with Crippen molar-refractivity contribution in [2.24, 2.45) is 0 Å². The number of nitrogens with zero attached hydrogens (tertiary/aromatic N) is 4. The number of fused-ring (bicyclic) bond motifs is 3. The van der Waals surface area contributed by atoms with Crippen molar-refractivity contribution in [3.8, 4) is 0 Å². The molecule has 11 heteroatoms. The monoisotopic (exact) mass is 391 g/mol. The van der Waals surface area contributed by atoms with Crippen LogP contribution in [0.1, 0.15) is 27.6 Å². The first-order chi connectivity index (χ1) is 13.2. The molecule has 1 aromatic carbocycles. The highest BCUT2D eigenvalue weighted by Gasteiger charge is 2.31. The Morgan fingerprint density at radius 2 is 2.07 bits per heavy atom. The number of aromatic carboxylic acids is 1. The Morgan fingerprint density at radius 1 is 1.32 bits per heavy atom. The van der Waals surface area contributed by atoms with Gasteiger partial charge in [-0.05, 0) is 25.1 Å². The minimum absolute atomic E-state index is 0.0220. The summed E-state index contributed by atoms with van der Waals surface area (Å²) >= 11 is 0. The smallest absolute Gasteiger partial charge is 0.416 e. The first-order valence-electron chi connectivity index (χ1n) is 8.02. The van der Waals surface area contributed by atoms with Crippen molar-refractivity contribution in [1.82, 2.24) is 23.9 Å². The minimum atomic E-state index is -4.59. The topological polar surface area (TPSA) is 105 Å². The highest BCUT2D eigenvalue weighted by atomic mass is 19.4. The number of carbonyl (C=O) groups is 1. The lowest BCUT2D eigenvalue weighted by atomic mass is 10.2. The standard InChI is InChI=1S/C17H12F3N5O3/c1-8-21-4-5-24(8)7-12-13(16(27)28)23-14-15(26)22-10-6-9(17(18,19)20)2-3-11(10)25(12)14/h2-6H,7H2,1H3,(H,22,26)(H,27,28). The van der Waals surface area contributed by atoms with Gasteiger partial charge in [0.2, 0.25) is 5.65 Å². The highest BCUT2D eigenvalue weighted by Crippen LogP contribution is 2.31. The third-order valence-corrected chi connectivity index (χ3v) is 4.44. The zero-order valence-electron chi connectivity index (χ0n) is 14.3. The van der Waals surface area contributed by atoms with Crippen LogP contribution in [0, 0.1) is 6.92 Å². The molecule has 28 heavy (non-hydrogen) atoms. The van der Waals surface area contributed by atoms with E-state index in [0.717, 1.165) is 12.1 Å². The van der Waals surface area contributed by atoms with E-state index in [1.165, 1.54) is 16.7 Å². The van der Waals surface area contributed by atoms with Crippen LogP contribution in [0.3, 0.4) is 0 Å². The van der Waals surface area contributed by atoms with Crippen LogP contribution < -0.4 is 5.56 Å². The van der Waals surface area contributed by atoms with Crippen molar-refractivity contribution in [3.63, 3.8) is 0 Å². The SMILES string of the molecule is Cc1nccn1Cc1c(C(=O)O)nc2c(=O)[nH]c3cc(C(F)(F)F)ccc3n12. The predicted molar refractivity (Wildman–Crippen MR) is 91.3 cm³/mol. The number of carboxylic acid groups (broad SMARTS) is 1. The zero-order chi connectivity index (χ0) is 20.2. The molecule has 0 aliphatic heterocycles. The molecule has 0 amide bonds. The molecule has 144 valence electrons. The first kappa shape index (κ1) is 17.8. The molecular formula is C17H12F3N5O3. The normalized spacial score (nSPS) is 12.1. The molecule has 0 saturated carbocycles. The van der Waals surface area contributed by atoms with Crippen LogP contribution in [0.25, 0.3) is 16.7 Å². The summed E-state index contributed by atoms with van der Waals surface area (Å²) < 4.78 is 42.0. The Hall–Kier alpha value is -3.63. The first-order valence-corrected chi connectivity index (χ1v) is 8.02. The van der Waals surface area contributed by atoms with Gasteiger partial charge >= 0.3 is 12.1 Å². The number of benzene rings is 1. The van der Waals surface area contributed by atoms with Crippen molar-refractivity contribution >= 4 is 22.6 Å². The molecule has 4 aromatic rings. The van der Waals surface area contributed by atoms with Gasteiger partial charge in [0, 0.05) is 12.4 Å². The van der Waals surface area contributed by atoms with Gasteiger partial charge < -0.3 is 14.7 Å². The van der Waals surface area contributed by atoms with E-state index in [9.17, 15) is 27.9 Å². The molecule has 0 aliphatic rings. The number of alkyl halides is 3. The van der Waals surface area contributed by atoms with Crippen LogP contribution in [0.4, 0.5) is 13.2 Å². The molecule has 3 aromatic heterocycles. The van der Waals surface area contributed by atoms with Gasteiger partial charge in [-0.1, -0.05) is 0 Å². The van der Waals surface area contributed by atoms with Crippen LogP contribution in [0.15, 0.2) is 35.4 Å². The quantitative estimate of drug-likeness (QED) is 0.558. The van der Waals surface area contributed by atoms with Crippen LogP contribution in [-0.4, -0.2) is 35.0 Å². The number of rotatable bonds is 3. The maximum atomic E-state index is 13.0. The van der Waals surface area contributed by atoms with E-state index < -0.39 is 23.3 Å². The van der Waals surface area contributed by atoms with Crippen LogP contribution in [0.2, 0.25) is 0 Å². The minimum Gasteiger partial charge on any atom is -0.476 e. The van der Waals surface area contributed by atoms with Gasteiger partial charge in [-0.2, -0.15) is 13.2 Å². The third-order valence-electron chi connectivity index (χ3n) is 4.44. The molecule has 4 rings (SSSR count). The summed E-state index contributed by atoms with van der Waals surface area (Å²) in [6.45, 7) is 1.73. The Balaban J connectivity index is 2.07. The number of hydrogen-bond acceptors (Lipinski definition) is 4. The molecule has 0 spiro atoms. The molecule has 0 fully saturated rings. The third kappa shape index (κ3) is 2.71. The lowest BCUT2D eigenvalue weighted by Gasteiger charge is -2.11. The second-order valence-corrected chi connectivity index (χ2v) is 6.16. The van der Waals surface area contributed by atoms with Gasteiger partial charge in [-0.15, -0.1) is 0 Å². The largest absolute Gasteiger partial charge is 0.476 e. The fraction of sp³-hybridized carbons (Fsp3) is 0.176. The van der Waals surface area contributed by atoms with Crippen LogP contribution in [0.5, 0.6) is 0 Å². The van der Waals surface area contributed by atoms with Crippen LogP contribution in [-0.2, 0) is 12.7 Å². The summed E-state index contributed by atoms with van der Waals surface area (Å²) in [5.41, 5.74) is -2.01. The predicted octanol–water partition coefficient (Wildman–Crippen LogP) is 2.45. The Kier molecular flexibility index (Phi) is 3.77. The maximum Gasteiger partial charge on any atom is 0.416 e. The molecule has 0 radical (unpaired) electrons. The molecule has 0 saturated heterocycles. The van der Waals surface area contributed by atoms with E-state index in [1.54, 1.807) is 17.7 Å². The van der Waals surface area contributed by atoms with E-state index in [2.05, 4.69) is 15.0 Å². The number of imidazole rings is 2. The van der Waals surface area contributed by atoms with Crippen molar-refractivity contribution < 1.29 is 23.1 Å². The highest BCUT2D eigenvalue weighted by molar-refractivity contribution is 5.89. The second kappa shape index (κ2) is 5.94. The average molecular weight is 391 g/mol. The Bertz CT molecular complexity index is 1300. The molecular weight excluding hydrogens is 379 g/mol.